The molecule has 120 valence electrons. The number of nitrogens with one attached hydrogen (secondary N) is 2. The van der Waals surface area contributed by atoms with Gasteiger partial charge in [-0.2, -0.15) is 10.2 Å². The minimum absolute atomic E-state index is 0.696. The Hall–Kier alpha value is -2.31. The molecule has 0 aromatic carbocycles. The van der Waals surface area contributed by atoms with Crippen molar-refractivity contribution in [1.29, 1.82) is 0 Å². The molecule has 22 heavy (non-hydrogen) atoms. The van der Waals surface area contributed by atoms with Gasteiger partial charge < -0.3 is 10.6 Å². The predicted octanol–water partition coefficient (Wildman–Crippen LogP) is 0.678. The number of nitrogens with zero attached hydrogens (tertiary/aromatic N) is 5. The third-order valence-corrected chi connectivity index (χ3v) is 3.91. The molecule has 2 aromatic heterocycles. The van der Waals surface area contributed by atoms with Gasteiger partial charge in [0, 0.05) is 39.6 Å². The molecule has 0 amide bonds. The minimum atomic E-state index is 0.696. The van der Waals surface area contributed by atoms with E-state index < -0.39 is 0 Å². The lowest BCUT2D eigenvalue weighted by atomic mass is 10.1. The van der Waals surface area contributed by atoms with Gasteiger partial charge in [-0.15, -0.1) is 0 Å². The Labute approximate surface area is 131 Å². The third kappa shape index (κ3) is 3.66. The van der Waals surface area contributed by atoms with Crippen molar-refractivity contribution in [2.75, 3.05) is 13.6 Å². The van der Waals surface area contributed by atoms with Gasteiger partial charge in [-0.05, 0) is 31.9 Å². The van der Waals surface area contributed by atoms with Gasteiger partial charge >= 0.3 is 0 Å². The zero-order valence-electron chi connectivity index (χ0n) is 14.0. The predicted molar refractivity (Wildman–Crippen MR) is 87.8 cm³/mol. The van der Waals surface area contributed by atoms with Crippen LogP contribution in [0.5, 0.6) is 0 Å². The first-order chi connectivity index (χ1) is 10.5. The highest BCUT2D eigenvalue weighted by atomic mass is 15.3. The van der Waals surface area contributed by atoms with E-state index in [4.69, 9.17) is 0 Å². The summed E-state index contributed by atoms with van der Waals surface area (Å²) < 4.78 is 3.78. The van der Waals surface area contributed by atoms with E-state index in [1.54, 1.807) is 13.2 Å². The lowest BCUT2D eigenvalue weighted by Crippen LogP contribution is -2.38. The van der Waals surface area contributed by atoms with E-state index in [1.165, 1.54) is 11.3 Å². The number of guanidine groups is 1. The average Bonchev–Trinajstić information content (AvgIpc) is 3.00. The van der Waals surface area contributed by atoms with Gasteiger partial charge in [0.1, 0.15) is 0 Å². The molecule has 0 aliphatic carbocycles. The molecule has 0 spiro atoms. The molecule has 0 atom stereocenters. The Morgan fingerprint density at radius 2 is 2.00 bits per heavy atom. The number of rotatable bonds is 5. The SMILES string of the molecule is CN=C(NCCc1c(C)nn(C)c1C)NCc1ccnn1C. The molecule has 2 aromatic rings. The van der Waals surface area contributed by atoms with E-state index in [9.17, 15) is 0 Å². The first kappa shape index (κ1) is 16.1. The van der Waals surface area contributed by atoms with Crippen molar-refractivity contribution in [1.82, 2.24) is 30.2 Å². The van der Waals surface area contributed by atoms with Crippen LogP contribution in [0.25, 0.3) is 0 Å². The summed E-state index contributed by atoms with van der Waals surface area (Å²) in [5.41, 5.74) is 4.73. The zero-order chi connectivity index (χ0) is 16.1. The Balaban J connectivity index is 1.83. The second-order valence-electron chi connectivity index (χ2n) is 5.32. The molecule has 0 saturated heterocycles. The maximum Gasteiger partial charge on any atom is 0.191 e. The van der Waals surface area contributed by atoms with Crippen molar-refractivity contribution in [3.05, 3.63) is 34.9 Å². The van der Waals surface area contributed by atoms with E-state index in [2.05, 4.69) is 39.7 Å². The highest BCUT2D eigenvalue weighted by Crippen LogP contribution is 2.11. The van der Waals surface area contributed by atoms with Crippen LogP contribution in [0.15, 0.2) is 17.3 Å². The van der Waals surface area contributed by atoms with Gasteiger partial charge in [0.2, 0.25) is 0 Å². The number of aromatic nitrogens is 4. The molecular weight excluding hydrogens is 278 g/mol. The van der Waals surface area contributed by atoms with Crippen LogP contribution in [0.2, 0.25) is 0 Å². The summed E-state index contributed by atoms with van der Waals surface area (Å²) in [7, 11) is 5.69. The van der Waals surface area contributed by atoms with Crippen LogP contribution in [-0.4, -0.2) is 39.1 Å². The van der Waals surface area contributed by atoms with Gasteiger partial charge in [0.25, 0.3) is 0 Å². The number of aliphatic imine (C=N–C) groups is 1. The smallest absolute Gasteiger partial charge is 0.191 e. The minimum Gasteiger partial charge on any atom is -0.356 e. The molecular formula is C15H25N7. The Morgan fingerprint density at radius 1 is 1.23 bits per heavy atom. The topological polar surface area (TPSA) is 72.1 Å². The Bertz CT molecular complexity index is 651. The van der Waals surface area contributed by atoms with Crippen LogP contribution < -0.4 is 10.6 Å². The third-order valence-electron chi connectivity index (χ3n) is 3.91. The normalized spacial score (nSPS) is 11.8. The quantitative estimate of drug-likeness (QED) is 0.629. The first-order valence-corrected chi connectivity index (χ1v) is 7.43. The maximum absolute atomic E-state index is 4.44. The van der Waals surface area contributed by atoms with Crippen LogP contribution >= 0.6 is 0 Å². The fourth-order valence-corrected chi connectivity index (χ4v) is 2.45. The zero-order valence-corrected chi connectivity index (χ0v) is 14.0. The van der Waals surface area contributed by atoms with Crippen LogP contribution in [0.1, 0.15) is 22.6 Å². The van der Waals surface area contributed by atoms with Crippen LogP contribution in [-0.2, 0) is 27.1 Å². The van der Waals surface area contributed by atoms with E-state index in [0.717, 1.165) is 30.3 Å². The van der Waals surface area contributed by atoms with E-state index in [1.807, 2.05) is 29.5 Å². The molecule has 0 fully saturated rings. The Morgan fingerprint density at radius 3 is 2.55 bits per heavy atom. The molecule has 0 bridgehead atoms. The second kappa shape index (κ2) is 7.11. The van der Waals surface area contributed by atoms with Gasteiger partial charge in [0.15, 0.2) is 5.96 Å². The van der Waals surface area contributed by atoms with Crippen molar-refractivity contribution >= 4 is 5.96 Å². The van der Waals surface area contributed by atoms with Crippen molar-refractivity contribution in [2.24, 2.45) is 19.1 Å². The summed E-state index contributed by atoms with van der Waals surface area (Å²) in [4.78, 5) is 4.24. The molecule has 2 N–H and O–H groups in total. The lowest BCUT2D eigenvalue weighted by Gasteiger charge is -2.12. The molecule has 2 heterocycles. The summed E-state index contributed by atoms with van der Waals surface area (Å²) in [6.07, 6.45) is 2.72. The van der Waals surface area contributed by atoms with Crippen molar-refractivity contribution in [2.45, 2.75) is 26.8 Å². The number of hydrogen-bond donors (Lipinski definition) is 2. The highest BCUT2D eigenvalue weighted by molar-refractivity contribution is 5.79. The standard InChI is InChI=1S/C15H25N7/c1-11-14(12(2)21(4)20-11)7-8-17-15(16-3)18-10-13-6-9-19-22(13)5/h6,9H,7-8,10H2,1-5H3,(H2,16,17,18). The summed E-state index contributed by atoms with van der Waals surface area (Å²) in [6, 6.07) is 1.99. The molecule has 2 rings (SSSR count). The van der Waals surface area contributed by atoms with Gasteiger partial charge in [-0.25, -0.2) is 0 Å². The number of aryl methyl sites for hydroxylation is 3. The molecule has 0 aliphatic rings. The van der Waals surface area contributed by atoms with Gasteiger partial charge in [0.05, 0.1) is 17.9 Å². The molecule has 7 heteroatoms. The van der Waals surface area contributed by atoms with Crippen molar-refractivity contribution in [3.63, 3.8) is 0 Å². The number of hydrogen-bond acceptors (Lipinski definition) is 3. The fraction of sp³-hybridized carbons (Fsp3) is 0.533. The molecule has 0 aliphatic heterocycles. The molecule has 0 radical (unpaired) electrons. The average molecular weight is 303 g/mol. The van der Waals surface area contributed by atoms with Gasteiger partial charge in [-0.1, -0.05) is 0 Å². The van der Waals surface area contributed by atoms with E-state index >= 15 is 0 Å². The fourth-order valence-electron chi connectivity index (χ4n) is 2.45. The summed E-state index contributed by atoms with van der Waals surface area (Å²) >= 11 is 0. The van der Waals surface area contributed by atoms with E-state index in [-0.39, 0.29) is 0 Å². The summed E-state index contributed by atoms with van der Waals surface area (Å²) in [6.45, 7) is 5.67. The van der Waals surface area contributed by atoms with Crippen LogP contribution in [0.4, 0.5) is 0 Å². The Kier molecular flexibility index (Phi) is 5.19. The van der Waals surface area contributed by atoms with Gasteiger partial charge in [-0.3, -0.25) is 14.4 Å². The summed E-state index contributed by atoms with van der Waals surface area (Å²) in [5, 5.41) is 15.2. The second-order valence-corrected chi connectivity index (χ2v) is 5.32. The van der Waals surface area contributed by atoms with Crippen LogP contribution in [0.3, 0.4) is 0 Å². The van der Waals surface area contributed by atoms with Crippen LogP contribution in [0, 0.1) is 13.8 Å². The molecule has 0 saturated carbocycles. The van der Waals surface area contributed by atoms with E-state index in [0.29, 0.717) is 6.54 Å². The maximum atomic E-state index is 4.44. The largest absolute Gasteiger partial charge is 0.356 e. The highest BCUT2D eigenvalue weighted by Gasteiger charge is 2.09. The lowest BCUT2D eigenvalue weighted by molar-refractivity contribution is 0.683. The van der Waals surface area contributed by atoms with Crippen molar-refractivity contribution in [3.8, 4) is 0 Å². The van der Waals surface area contributed by atoms with Crippen molar-refractivity contribution < 1.29 is 0 Å². The molecule has 7 nitrogen and oxygen atoms in total. The summed E-state index contributed by atoms with van der Waals surface area (Å²) in [5.74, 6) is 0.792. The monoisotopic (exact) mass is 303 g/mol. The molecule has 0 unspecified atom stereocenters. The first-order valence-electron chi connectivity index (χ1n) is 7.43.